The fourth-order valence-electron chi connectivity index (χ4n) is 4.95. The molecule has 6 aromatic rings. The molecule has 6 aromatic carbocycles. The summed E-state index contributed by atoms with van der Waals surface area (Å²) in [6.45, 7) is 0. The zero-order valence-electron chi connectivity index (χ0n) is 30.7. The Morgan fingerprint density at radius 1 is 0.145 bits per heavy atom. The van der Waals surface area contributed by atoms with Gasteiger partial charge in [0, 0.05) is 0 Å². The molecule has 0 atom stereocenters. The average molecular weight is 1060 g/mol. The van der Waals surface area contributed by atoms with E-state index in [0.29, 0.717) is 0 Å². The molecule has 370 valence electrons. The Morgan fingerprint density at radius 2 is 0.188 bits per heavy atom. The summed E-state index contributed by atoms with van der Waals surface area (Å²) in [5.74, 6) is -79.9. The van der Waals surface area contributed by atoms with Crippen molar-refractivity contribution in [3.8, 4) is 33.4 Å². The van der Waals surface area contributed by atoms with Gasteiger partial charge in [-0.3, -0.25) is 0 Å². The third-order valence-electron chi connectivity index (χ3n) is 8.01. The zero-order chi connectivity index (χ0) is 53.5. The Labute approximate surface area is 362 Å². The molecule has 1 nitrogen and oxygen atoms in total. The van der Waals surface area contributed by atoms with Crippen molar-refractivity contribution in [2.75, 3.05) is 0 Å². The molecule has 0 bridgehead atoms. The van der Waals surface area contributed by atoms with Gasteiger partial charge in [-0.05, 0) is 0 Å². The van der Waals surface area contributed by atoms with E-state index < -0.39 is 224 Å². The van der Waals surface area contributed by atoms with E-state index in [-0.39, 0.29) is 0 Å². The van der Waals surface area contributed by atoms with Gasteiger partial charge in [-0.2, -0.15) is 0 Å². The average Bonchev–Trinajstić information content (AvgIpc) is 3.32. The molecule has 0 radical (unpaired) electrons. The van der Waals surface area contributed by atoms with Crippen molar-refractivity contribution < 1.29 is 139 Å². The first-order chi connectivity index (χ1) is 31.7. The first-order valence-electron chi connectivity index (χ1n) is 15.9. The van der Waals surface area contributed by atoms with Gasteiger partial charge in [-0.15, -0.1) is 0 Å². The van der Waals surface area contributed by atoms with Crippen LogP contribution in [0.4, 0.5) is 135 Å². The molecule has 0 aliphatic rings. The molecule has 0 aromatic heterocycles. The molecule has 0 spiro atoms. The SMILES string of the molecule is Fc1c(F)c(F)c(-c2c(F)c(F)c(F)c(F)c2F)c(F)c1F.Fc1c(F)c(F)c(-c2c(F)c(F)c(F)c(F)c2F)c(F)c1F.Fc1c(F)c(F)c(-c2c(F)c(F)c(F)c(F)c2F)c(F)c1F.[O]=[Al][F]. The monoisotopic (exact) mass is 1060 g/mol. The second-order valence-corrected chi connectivity index (χ2v) is 11.9. The Hall–Kier alpha value is -6.52. The number of rotatable bonds is 3. The van der Waals surface area contributed by atoms with Gasteiger partial charge in [-0.1, -0.05) is 0 Å². The van der Waals surface area contributed by atoms with Crippen LogP contribution in [0.15, 0.2) is 0 Å². The first kappa shape index (κ1) is 56.8. The van der Waals surface area contributed by atoms with Crippen LogP contribution in [0.1, 0.15) is 0 Å². The van der Waals surface area contributed by atoms with Gasteiger partial charge in [0.25, 0.3) is 0 Å². The van der Waals surface area contributed by atoms with E-state index in [0.717, 1.165) is 0 Å². The number of halogens is 31. The van der Waals surface area contributed by atoms with Gasteiger partial charge < -0.3 is 0 Å². The van der Waals surface area contributed by atoms with Crippen molar-refractivity contribution in [1.29, 1.82) is 0 Å². The van der Waals surface area contributed by atoms with Crippen LogP contribution in [-0.4, -0.2) is 15.6 Å². The quantitative estimate of drug-likeness (QED) is 0.0747. The summed E-state index contributed by atoms with van der Waals surface area (Å²) in [5.41, 5.74) is -13.6. The van der Waals surface area contributed by atoms with Crippen LogP contribution < -0.4 is 0 Å². The Kier molecular flexibility index (Phi) is 17.6. The molecule has 0 aliphatic carbocycles. The Morgan fingerprint density at radius 3 is 0.246 bits per heavy atom. The second kappa shape index (κ2) is 21.4. The van der Waals surface area contributed by atoms with Crippen LogP contribution in [-0.2, 0) is 3.80 Å². The molecule has 33 heteroatoms. The van der Waals surface area contributed by atoms with E-state index in [2.05, 4.69) is 0 Å². The summed E-state index contributed by atoms with van der Waals surface area (Å²) < 4.78 is 412. The summed E-state index contributed by atoms with van der Waals surface area (Å²) in [7, 11) is 0. The van der Waals surface area contributed by atoms with E-state index >= 15 is 0 Å². The topological polar surface area (TPSA) is 17.1 Å². The molecule has 0 unspecified atom stereocenters. The van der Waals surface area contributed by atoms with Gasteiger partial charge >= 0.3 is 22.9 Å². The Bertz CT molecular complexity index is 2400. The predicted octanol–water partition coefficient (Wildman–Crippen LogP) is 14.2. The molecule has 0 saturated carbocycles. The molecular weight excluding hydrogens is 1060 g/mol. The van der Waals surface area contributed by atoms with Gasteiger partial charge in [-0.25, -0.2) is 132 Å². The van der Waals surface area contributed by atoms with Crippen LogP contribution in [0.25, 0.3) is 33.4 Å². The molecule has 0 amide bonds. The summed E-state index contributed by atoms with van der Waals surface area (Å²) in [5, 5.41) is 0. The number of hydrogen-bond donors (Lipinski definition) is 0. The van der Waals surface area contributed by atoms with Crippen molar-refractivity contribution in [3.63, 3.8) is 0 Å². The van der Waals surface area contributed by atoms with Gasteiger partial charge in [0.1, 0.15) is 0 Å². The van der Waals surface area contributed by atoms with Gasteiger partial charge in [0.05, 0.1) is 33.4 Å². The van der Waals surface area contributed by atoms with E-state index in [1.165, 1.54) is 0 Å². The van der Waals surface area contributed by atoms with Gasteiger partial charge in [0.2, 0.25) is 34.9 Å². The summed E-state index contributed by atoms with van der Waals surface area (Å²) >= 11 is -2.00. The number of benzene rings is 6. The molecule has 6 rings (SSSR count). The minimum absolute atomic E-state index is 2.00. The van der Waals surface area contributed by atoms with E-state index in [1.54, 1.807) is 0 Å². The third kappa shape index (κ3) is 9.74. The van der Waals surface area contributed by atoms with Crippen LogP contribution >= 0.6 is 0 Å². The zero-order valence-corrected chi connectivity index (χ0v) is 31.9. The summed E-state index contributed by atoms with van der Waals surface area (Å²) in [6, 6.07) is 0. The normalized spacial score (nSPS) is 10.8. The van der Waals surface area contributed by atoms with Gasteiger partial charge in [0.15, 0.2) is 140 Å². The van der Waals surface area contributed by atoms with Crippen molar-refractivity contribution in [1.82, 2.24) is 0 Å². The fourth-order valence-corrected chi connectivity index (χ4v) is 4.95. The van der Waals surface area contributed by atoms with Crippen LogP contribution in [0.2, 0.25) is 0 Å². The summed E-state index contributed by atoms with van der Waals surface area (Å²) in [4.78, 5) is 0. The van der Waals surface area contributed by atoms with Crippen molar-refractivity contribution >= 4 is 15.6 Å². The fraction of sp³-hybridized carbons (Fsp3) is 0. The maximum atomic E-state index is 13.4. The summed E-state index contributed by atoms with van der Waals surface area (Å²) in [6.07, 6.45) is 0. The van der Waals surface area contributed by atoms with E-state index in [4.69, 9.17) is 3.80 Å². The Balaban J connectivity index is 0.000000266. The molecule has 0 aliphatic heterocycles. The molecule has 69 heavy (non-hydrogen) atoms. The molecular formula is C36AlF31O. The van der Waals surface area contributed by atoms with E-state index in [9.17, 15) is 135 Å². The molecule has 0 N–H and O–H groups in total. The third-order valence-corrected chi connectivity index (χ3v) is 8.01. The molecule has 0 saturated heterocycles. The van der Waals surface area contributed by atoms with E-state index in [1.807, 2.05) is 0 Å². The minimum atomic E-state index is -2.68. The second-order valence-electron chi connectivity index (χ2n) is 11.8. The van der Waals surface area contributed by atoms with Crippen LogP contribution in [0, 0.1) is 175 Å². The number of hydrogen-bond acceptors (Lipinski definition) is 1. The van der Waals surface area contributed by atoms with Crippen molar-refractivity contribution in [3.05, 3.63) is 175 Å². The van der Waals surface area contributed by atoms with Crippen molar-refractivity contribution in [2.24, 2.45) is 0 Å². The van der Waals surface area contributed by atoms with Crippen LogP contribution in [0.3, 0.4) is 0 Å². The molecule has 0 heterocycles. The standard InChI is InChI=1S/3C12F10.Al.FH.O/c3*13-3-1(4(14)8(18)11(21)7(3)17)2-5(15)9(19)12(22)10(20)6(2)16;;;/h;;;;1H;/q;;;+1;;/p-1. The van der Waals surface area contributed by atoms with Crippen LogP contribution in [0.5, 0.6) is 0 Å². The molecule has 0 fully saturated rings. The predicted molar refractivity (Wildman–Crippen MR) is 162 cm³/mol. The van der Waals surface area contributed by atoms with Crippen molar-refractivity contribution in [2.45, 2.75) is 0 Å². The maximum absolute atomic E-state index is 13.4. The first-order valence-corrected chi connectivity index (χ1v) is 16.8.